The van der Waals surface area contributed by atoms with Gasteiger partial charge in [0, 0.05) is 18.0 Å². The van der Waals surface area contributed by atoms with Crippen LogP contribution in [0.4, 0.5) is 5.69 Å². The third-order valence-electron chi connectivity index (χ3n) is 5.09. The second kappa shape index (κ2) is 9.22. The highest BCUT2D eigenvalue weighted by molar-refractivity contribution is 7.90. The van der Waals surface area contributed by atoms with Crippen LogP contribution in [0.1, 0.15) is 42.5 Å². The lowest BCUT2D eigenvalue weighted by Crippen LogP contribution is -2.43. The van der Waals surface area contributed by atoms with Gasteiger partial charge in [-0.1, -0.05) is 37.5 Å². The van der Waals surface area contributed by atoms with E-state index >= 15 is 0 Å². The molecule has 1 saturated carbocycles. The van der Waals surface area contributed by atoms with E-state index in [1.807, 2.05) is 30.3 Å². The summed E-state index contributed by atoms with van der Waals surface area (Å²) in [5.41, 5.74) is 1.01. The van der Waals surface area contributed by atoms with Gasteiger partial charge in [-0.15, -0.1) is 0 Å². The van der Waals surface area contributed by atoms with Crippen molar-refractivity contribution < 1.29 is 22.7 Å². The van der Waals surface area contributed by atoms with Gasteiger partial charge in [0.1, 0.15) is 0 Å². The van der Waals surface area contributed by atoms with E-state index in [1.54, 1.807) is 4.90 Å². The molecule has 0 heterocycles. The second-order valence-corrected chi connectivity index (χ2v) is 9.28. The van der Waals surface area contributed by atoms with Gasteiger partial charge in [-0.05, 0) is 49.2 Å². The molecule has 6 nitrogen and oxygen atoms in total. The van der Waals surface area contributed by atoms with Gasteiger partial charge < -0.3 is 9.64 Å². The molecule has 29 heavy (non-hydrogen) atoms. The Morgan fingerprint density at radius 2 is 1.59 bits per heavy atom. The first-order chi connectivity index (χ1) is 13.9. The number of hydrogen-bond acceptors (Lipinski definition) is 5. The molecule has 2 aromatic rings. The summed E-state index contributed by atoms with van der Waals surface area (Å²) in [4.78, 5) is 27.1. The molecule has 1 aliphatic carbocycles. The molecule has 3 rings (SSSR count). The number of amides is 1. The van der Waals surface area contributed by atoms with E-state index in [-0.39, 0.29) is 29.0 Å². The fourth-order valence-corrected chi connectivity index (χ4v) is 4.24. The molecule has 154 valence electrons. The fraction of sp³-hybridized carbons (Fsp3) is 0.364. The molecule has 1 aliphatic rings. The van der Waals surface area contributed by atoms with Crippen LogP contribution in [0.5, 0.6) is 0 Å². The number of esters is 1. The minimum absolute atomic E-state index is 0.103. The molecule has 0 spiro atoms. The summed E-state index contributed by atoms with van der Waals surface area (Å²) in [6.45, 7) is -0.363. The molecule has 1 fully saturated rings. The van der Waals surface area contributed by atoms with E-state index in [0.29, 0.717) is 0 Å². The minimum atomic E-state index is -3.34. The summed E-state index contributed by atoms with van der Waals surface area (Å²) < 4.78 is 28.3. The first-order valence-electron chi connectivity index (χ1n) is 9.70. The number of anilines is 1. The van der Waals surface area contributed by atoms with E-state index in [4.69, 9.17) is 4.74 Å². The van der Waals surface area contributed by atoms with Gasteiger partial charge in [-0.3, -0.25) is 4.79 Å². The Balaban J connectivity index is 1.68. The summed E-state index contributed by atoms with van der Waals surface area (Å²) >= 11 is 0. The van der Waals surface area contributed by atoms with E-state index in [1.165, 1.54) is 30.7 Å². The van der Waals surface area contributed by atoms with E-state index in [9.17, 15) is 18.0 Å². The van der Waals surface area contributed by atoms with Crippen molar-refractivity contribution in [2.24, 2.45) is 0 Å². The van der Waals surface area contributed by atoms with Crippen LogP contribution in [-0.2, 0) is 19.4 Å². The van der Waals surface area contributed by atoms with Gasteiger partial charge in [0.25, 0.3) is 5.91 Å². The maximum absolute atomic E-state index is 12.9. The smallest absolute Gasteiger partial charge is 0.338 e. The second-order valence-electron chi connectivity index (χ2n) is 7.26. The van der Waals surface area contributed by atoms with Gasteiger partial charge >= 0.3 is 5.97 Å². The first kappa shape index (κ1) is 21.0. The number of para-hydroxylation sites is 1. The maximum Gasteiger partial charge on any atom is 0.338 e. The molecule has 0 aliphatic heterocycles. The highest BCUT2D eigenvalue weighted by atomic mass is 32.2. The number of sulfone groups is 1. The molecule has 0 saturated heterocycles. The zero-order chi connectivity index (χ0) is 20.9. The number of carbonyl (C=O) groups excluding carboxylic acids is 2. The summed E-state index contributed by atoms with van der Waals surface area (Å²) in [6, 6.07) is 15.0. The first-order valence-corrected chi connectivity index (χ1v) is 11.6. The van der Waals surface area contributed by atoms with Crippen LogP contribution in [0.2, 0.25) is 0 Å². The molecule has 7 heteroatoms. The Morgan fingerprint density at radius 3 is 2.17 bits per heavy atom. The fourth-order valence-electron chi connectivity index (χ4n) is 3.60. The molecule has 0 radical (unpaired) electrons. The molecule has 0 unspecified atom stereocenters. The van der Waals surface area contributed by atoms with Crippen LogP contribution in [0.15, 0.2) is 59.5 Å². The van der Waals surface area contributed by atoms with Crippen LogP contribution >= 0.6 is 0 Å². The van der Waals surface area contributed by atoms with Crippen molar-refractivity contribution in [1.82, 2.24) is 0 Å². The molecular weight excluding hydrogens is 390 g/mol. The number of nitrogens with zero attached hydrogens (tertiary/aromatic N) is 1. The van der Waals surface area contributed by atoms with Crippen LogP contribution in [-0.4, -0.2) is 39.2 Å². The van der Waals surface area contributed by atoms with Crippen molar-refractivity contribution in [3.05, 3.63) is 60.2 Å². The van der Waals surface area contributed by atoms with Crippen LogP contribution in [0.3, 0.4) is 0 Å². The monoisotopic (exact) mass is 415 g/mol. The third-order valence-corrected chi connectivity index (χ3v) is 6.22. The van der Waals surface area contributed by atoms with Crippen LogP contribution in [0.25, 0.3) is 0 Å². The Morgan fingerprint density at radius 1 is 0.966 bits per heavy atom. The minimum Gasteiger partial charge on any atom is -0.452 e. The largest absolute Gasteiger partial charge is 0.452 e. The third kappa shape index (κ3) is 5.44. The van der Waals surface area contributed by atoms with E-state index < -0.39 is 15.8 Å². The highest BCUT2D eigenvalue weighted by Gasteiger charge is 2.27. The molecule has 0 bridgehead atoms. The SMILES string of the molecule is CS(=O)(=O)c1ccc(C(=O)OCC(=O)N(c2ccccc2)C2CCCCC2)cc1. The van der Waals surface area contributed by atoms with Crippen LogP contribution < -0.4 is 4.90 Å². The van der Waals surface area contributed by atoms with Crippen molar-refractivity contribution in [2.75, 3.05) is 17.8 Å². The van der Waals surface area contributed by atoms with E-state index in [2.05, 4.69) is 0 Å². The Labute approximate surface area is 171 Å². The molecular formula is C22H25NO5S. The predicted molar refractivity (Wildman–Crippen MR) is 111 cm³/mol. The summed E-state index contributed by atoms with van der Waals surface area (Å²) in [7, 11) is -3.34. The van der Waals surface area contributed by atoms with Gasteiger partial charge in [0.15, 0.2) is 16.4 Å². The quantitative estimate of drug-likeness (QED) is 0.673. The Bertz CT molecular complexity index is 948. The van der Waals surface area contributed by atoms with Crippen molar-refractivity contribution in [1.29, 1.82) is 0 Å². The Hall–Kier alpha value is -2.67. The van der Waals surface area contributed by atoms with E-state index in [0.717, 1.165) is 37.6 Å². The lowest BCUT2D eigenvalue weighted by atomic mass is 9.93. The zero-order valence-corrected chi connectivity index (χ0v) is 17.2. The van der Waals surface area contributed by atoms with Gasteiger partial charge in [-0.2, -0.15) is 0 Å². The van der Waals surface area contributed by atoms with Crippen molar-refractivity contribution in [3.63, 3.8) is 0 Å². The number of ether oxygens (including phenoxy) is 1. The molecule has 0 atom stereocenters. The average Bonchev–Trinajstić information content (AvgIpc) is 2.73. The highest BCUT2D eigenvalue weighted by Crippen LogP contribution is 2.27. The van der Waals surface area contributed by atoms with Crippen molar-refractivity contribution in [3.8, 4) is 0 Å². The van der Waals surface area contributed by atoms with Crippen molar-refractivity contribution >= 4 is 27.4 Å². The molecule has 0 aromatic heterocycles. The number of benzene rings is 2. The average molecular weight is 416 g/mol. The maximum atomic E-state index is 12.9. The normalized spacial score (nSPS) is 14.9. The lowest BCUT2D eigenvalue weighted by molar-refractivity contribution is -0.122. The summed E-state index contributed by atoms with van der Waals surface area (Å²) in [5, 5.41) is 0. The summed E-state index contributed by atoms with van der Waals surface area (Å²) in [6.07, 6.45) is 6.29. The number of hydrogen-bond donors (Lipinski definition) is 0. The molecule has 2 aromatic carbocycles. The topological polar surface area (TPSA) is 80.7 Å². The van der Waals surface area contributed by atoms with Crippen molar-refractivity contribution in [2.45, 2.75) is 43.0 Å². The van der Waals surface area contributed by atoms with Gasteiger partial charge in [0.2, 0.25) is 0 Å². The van der Waals surface area contributed by atoms with Gasteiger partial charge in [0.05, 0.1) is 10.5 Å². The summed E-state index contributed by atoms with van der Waals surface area (Å²) in [5.74, 6) is -0.917. The van der Waals surface area contributed by atoms with Gasteiger partial charge in [-0.25, -0.2) is 13.2 Å². The lowest BCUT2D eigenvalue weighted by Gasteiger charge is -2.34. The standard InChI is InChI=1S/C22H25NO5S/c1-29(26,27)20-14-12-17(13-15-20)22(25)28-16-21(24)23(18-8-4-2-5-9-18)19-10-6-3-7-11-19/h2,4-5,8-9,12-15,19H,3,6-7,10-11,16H2,1H3. The predicted octanol–water partition coefficient (Wildman–Crippen LogP) is 3.61. The zero-order valence-electron chi connectivity index (χ0n) is 16.4. The Kier molecular flexibility index (Phi) is 6.69. The molecule has 1 amide bonds. The number of carbonyl (C=O) groups is 2. The number of rotatable bonds is 6. The molecule has 0 N–H and O–H groups in total. The van der Waals surface area contributed by atoms with Crippen LogP contribution in [0, 0.1) is 0 Å².